The zero-order chi connectivity index (χ0) is 8.43. The lowest BCUT2D eigenvalue weighted by Crippen LogP contribution is -1.98. The Kier molecular flexibility index (Phi) is 2.24. The first-order valence-electron chi connectivity index (χ1n) is 2.81. The van der Waals surface area contributed by atoms with E-state index in [0.717, 1.165) is 0 Å². The molecule has 2 nitrogen and oxygen atoms in total. The van der Waals surface area contributed by atoms with E-state index in [9.17, 15) is 8.78 Å². The standard InChI is InChI=1S/C6H5ClF2N2/c7-3-1-2-11-6(10)4(3)5(8)9/h1-2,5H,(H2,10,11). The van der Waals surface area contributed by atoms with Crippen molar-refractivity contribution in [2.24, 2.45) is 0 Å². The summed E-state index contributed by atoms with van der Waals surface area (Å²) in [6.45, 7) is 0. The van der Waals surface area contributed by atoms with Gasteiger partial charge in [0.25, 0.3) is 6.43 Å². The zero-order valence-corrected chi connectivity index (χ0v) is 6.15. The van der Waals surface area contributed by atoms with Crippen molar-refractivity contribution in [1.29, 1.82) is 0 Å². The van der Waals surface area contributed by atoms with Crippen LogP contribution in [0.15, 0.2) is 12.3 Å². The molecule has 0 aromatic carbocycles. The van der Waals surface area contributed by atoms with Gasteiger partial charge in [-0.1, -0.05) is 11.6 Å². The summed E-state index contributed by atoms with van der Waals surface area (Å²) in [4.78, 5) is 3.47. The maximum atomic E-state index is 12.1. The van der Waals surface area contributed by atoms with E-state index in [1.807, 2.05) is 0 Å². The summed E-state index contributed by atoms with van der Waals surface area (Å²) in [6, 6.07) is 1.28. The Bertz CT molecular complexity index is 245. The lowest BCUT2D eigenvalue weighted by atomic mass is 10.3. The maximum Gasteiger partial charge on any atom is 0.268 e. The van der Waals surface area contributed by atoms with Crippen molar-refractivity contribution in [2.75, 3.05) is 5.73 Å². The predicted octanol–water partition coefficient (Wildman–Crippen LogP) is 2.25. The number of halogens is 3. The van der Waals surface area contributed by atoms with Crippen molar-refractivity contribution in [3.63, 3.8) is 0 Å². The molecule has 1 aromatic heterocycles. The number of hydrogen-bond donors (Lipinski definition) is 1. The number of nitrogen functional groups attached to an aromatic ring is 1. The van der Waals surface area contributed by atoms with Gasteiger partial charge in [-0.2, -0.15) is 0 Å². The Morgan fingerprint density at radius 1 is 1.55 bits per heavy atom. The van der Waals surface area contributed by atoms with Crippen LogP contribution in [0.3, 0.4) is 0 Å². The van der Waals surface area contributed by atoms with Crippen LogP contribution in [-0.2, 0) is 0 Å². The molecule has 1 heterocycles. The number of hydrogen-bond acceptors (Lipinski definition) is 2. The first-order chi connectivity index (χ1) is 5.13. The highest BCUT2D eigenvalue weighted by Gasteiger charge is 2.15. The van der Waals surface area contributed by atoms with Crippen LogP contribution in [0.5, 0.6) is 0 Å². The molecule has 0 spiro atoms. The van der Waals surface area contributed by atoms with Crippen LogP contribution in [0, 0.1) is 0 Å². The van der Waals surface area contributed by atoms with E-state index in [4.69, 9.17) is 17.3 Å². The molecule has 2 N–H and O–H groups in total. The summed E-state index contributed by atoms with van der Waals surface area (Å²) < 4.78 is 24.2. The molecular formula is C6H5ClF2N2. The third kappa shape index (κ3) is 1.57. The number of alkyl halides is 2. The van der Waals surface area contributed by atoms with E-state index in [1.165, 1.54) is 12.3 Å². The average Bonchev–Trinajstić information content (AvgIpc) is 1.85. The van der Waals surface area contributed by atoms with Crippen molar-refractivity contribution >= 4 is 17.4 Å². The summed E-state index contributed by atoms with van der Waals surface area (Å²) in [7, 11) is 0. The summed E-state index contributed by atoms with van der Waals surface area (Å²) >= 11 is 5.42. The highest BCUT2D eigenvalue weighted by molar-refractivity contribution is 6.31. The van der Waals surface area contributed by atoms with Crippen LogP contribution in [0.4, 0.5) is 14.6 Å². The second kappa shape index (κ2) is 3.00. The SMILES string of the molecule is Nc1nccc(Cl)c1C(F)F. The molecule has 1 rings (SSSR count). The summed E-state index contributed by atoms with van der Waals surface area (Å²) in [5.41, 5.74) is 4.75. The van der Waals surface area contributed by atoms with Crippen molar-refractivity contribution in [3.8, 4) is 0 Å². The number of anilines is 1. The monoisotopic (exact) mass is 178 g/mol. The largest absolute Gasteiger partial charge is 0.383 e. The fourth-order valence-electron chi connectivity index (χ4n) is 0.681. The van der Waals surface area contributed by atoms with Gasteiger partial charge in [-0.15, -0.1) is 0 Å². The Labute approximate surface area is 67.0 Å². The topological polar surface area (TPSA) is 38.9 Å². The van der Waals surface area contributed by atoms with Crippen LogP contribution in [0.25, 0.3) is 0 Å². The second-order valence-electron chi connectivity index (χ2n) is 1.89. The summed E-state index contributed by atoms with van der Waals surface area (Å²) in [5, 5.41) is -0.0486. The second-order valence-corrected chi connectivity index (χ2v) is 2.30. The van der Waals surface area contributed by atoms with Crippen molar-refractivity contribution in [3.05, 3.63) is 22.8 Å². The number of aromatic nitrogens is 1. The number of pyridine rings is 1. The van der Waals surface area contributed by atoms with E-state index in [1.54, 1.807) is 0 Å². The molecule has 0 atom stereocenters. The van der Waals surface area contributed by atoms with Crippen LogP contribution in [-0.4, -0.2) is 4.98 Å². The van der Waals surface area contributed by atoms with Crippen LogP contribution in [0.1, 0.15) is 12.0 Å². The molecule has 0 fully saturated rings. The van der Waals surface area contributed by atoms with Crippen LogP contribution in [0.2, 0.25) is 5.02 Å². The third-order valence-electron chi connectivity index (χ3n) is 1.19. The first-order valence-corrected chi connectivity index (χ1v) is 3.18. The molecule has 0 saturated heterocycles. The van der Waals surface area contributed by atoms with Gasteiger partial charge in [0.05, 0.1) is 10.6 Å². The molecule has 1 aromatic rings. The van der Waals surface area contributed by atoms with E-state index in [-0.39, 0.29) is 10.8 Å². The van der Waals surface area contributed by atoms with Crippen LogP contribution < -0.4 is 5.73 Å². The molecule has 0 saturated carbocycles. The molecule has 0 radical (unpaired) electrons. The lowest BCUT2D eigenvalue weighted by Gasteiger charge is -2.03. The fourth-order valence-corrected chi connectivity index (χ4v) is 0.916. The van der Waals surface area contributed by atoms with Crippen molar-refractivity contribution in [2.45, 2.75) is 6.43 Å². The smallest absolute Gasteiger partial charge is 0.268 e. The molecule has 0 aliphatic heterocycles. The van der Waals surface area contributed by atoms with Gasteiger partial charge in [0.15, 0.2) is 0 Å². The Morgan fingerprint density at radius 2 is 2.18 bits per heavy atom. The number of rotatable bonds is 1. The Balaban J connectivity index is 3.21. The van der Waals surface area contributed by atoms with Gasteiger partial charge in [-0.25, -0.2) is 13.8 Å². The van der Waals surface area contributed by atoms with Gasteiger partial charge >= 0.3 is 0 Å². The molecule has 5 heteroatoms. The minimum Gasteiger partial charge on any atom is -0.383 e. The predicted molar refractivity (Wildman–Crippen MR) is 38.6 cm³/mol. The van der Waals surface area contributed by atoms with Gasteiger partial charge in [0.1, 0.15) is 5.82 Å². The minimum atomic E-state index is -2.67. The molecule has 0 aliphatic rings. The zero-order valence-electron chi connectivity index (χ0n) is 5.39. The molecule has 60 valence electrons. The Hall–Kier alpha value is -0.900. The highest BCUT2D eigenvalue weighted by atomic mass is 35.5. The third-order valence-corrected chi connectivity index (χ3v) is 1.52. The highest BCUT2D eigenvalue weighted by Crippen LogP contribution is 2.29. The molecule has 0 aliphatic carbocycles. The van der Waals surface area contributed by atoms with Crippen LogP contribution >= 0.6 is 11.6 Å². The molecular weight excluding hydrogens is 174 g/mol. The Morgan fingerprint density at radius 3 is 2.55 bits per heavy atom. The number of nitrogens with two attached hydrogens (primary N) is 1. The summed E-state index contributed by atoms with van der Waals surface area (Å²) in [6.07, 6.45) is -1.39. The van der Waals surface area contributed by atoms with Gasteiger partial charge in [0, 0.05) is 6.20 Å². The van der Waals surface area contributed by atoms with Crippen molar-refractivity contribution < 1.29 is 8.78 Å². The van der Waals surface area contributed by atoms with E-state index >= 15 is 0 Å². The minimum absolute atomic E-state index is 0.0486. The summed E-state index contributed by atoms with van der Waals surface area (Å²) in [5.74, 6) is -0.215. The fraction of sp³-hybridized carbons (Fsp3) is 0.167. The maximum absolute atomic E-state index is 12.1. The molecule has 0 unspecified atom stereocenters. The molecule has 11 heavy (non-hydrogen) atoms. The normalized spacial score (nSPS) is 10.5. The van der Waals surface area contributed by atoms with E-state index in [2.05, 4.69) is 4.98 Å². The molecule has 0 bridgehead atoms. The van der Waals surface area contributed by atoms with Gasteiger partial charge in [-0.05, 0) is 6.07 Å². The van der Waals surface area contributed by atoms with Gasteiger partial charge < -0.3 is 5.73 Å². The van der Waals surface area contributed by atoms with Crippen molar-refractivity contribution in [1.82, 2.24) is 4.98 Å². The molecule has 0 amide bonds. The van der Waals surface area contributed by atoms with Gasteiger partial charge in [-0.3, -0.25) is 0 Å². The number of nitrogens with zero attached hydrogens (tertiary/aromatic N) is 1. The van der Waals surface area contributed by atoms with Gasteiger partial charge in [0.2, 0.25) is 0 Å². The van der Waals surface area contributed by atoms with E-state index in [0.29, 0.717) is 0 Å². The van der Waals surface area contributed by atoms with E-state index < -0.39 is 12.0 Å². The quantitative estimate of drug-likeness (QED) is 0.717. The lowest BCUT2D eigenvalue weighted by molar-refractivity contribution is 0.152. The first kappa shape index (κ1) is 8.20. The average molecular weight is 179 g/mol.